The Morgan fingerprint density at radius 2 is 1.93 bits per heavy atom. The van der Waals surface area contributed by atoms with E-state index in [2.05, 4.69) is 31.9 Å². The fourth-order valence-electron chi connectivity index (χ4n) is 1.22. The van der Waals surface area contributed by atoms with Crippen LogP contribution in [-0.2, 0) is 0 Å². The number of benzene rings is 1. The minimum Gasteiger partial charge on any atom is -0.505 e. The number of aromatic hydroxyl groups is 1. The summed E-state index contributed by atoms with van der Waals surface area (Å²) in [6.45, 7) is 0. The molecule has 2 N–H and O–H groups in total. The van der Waals surface area contributed by atoms with Gasteiger partial charge in [0.05, 0.1) is 15.7 Å². The number of hydrogen-bond donors (Lipinski definition) is 2. The van der Waals surface area contributed by atoms with Gasteiger partial charge < -0.3 is 15.1 Å². The molecule has 82 valence electrons. The topological polar surface area (TPSA) is 60.8 Å². The van der Waals surface area contributed by atoms with Crippen molar-refractivity contribution in [1.29, 1.82) is 0 Å². The number of rotatable bonds is 2. The monoisotopic (exact) mass is 337 g/mol. The summed E-state index contributed by atoms with van der Waals surface area (Å²) in [4.78, 5) is 12.5. The summed E-state index contributed by atoms with van der Waals surface area (Å²) in [6.07, 6.45) is 0. The third-order valence-electron chi connectivity index (χ3n) is 1.85. The van der Waals surface area contributed by atoms with Crippen LogP contribution in [0.1, 0.15) is 10.4 Å². The van der Waals surface area contributed by atoms with Gasteiger partial charge in [0, 0.05) is 18.6 Å². The maximum Gasteiger partial charge on any atom is 0.337 e. The van der Waals surface area contributed by atoms with Crippen molar-refractivity contribution in [3.63, 3.8) is 0 Å². The lowest BCUT2D eigenvalue weighted by Crippen LogP contribution is -2.14. The van der Waals surface area contributed by atoms with Gasteiger partial charge in [-0.1, -0.05) is 0 Å². The standard InChI is InChI=1S/C9H9Br2NO3/c1-12(2)7-4(9(14)15)3-5(10)6(11)8(7)13/h3,13H,1-2H3,(H,14,15). The molecule has 0 fully saturated rings. The molecule has 0 aliphatic heterocycles. The average Bonchev–Trinajstić information content (AvgIpc) is 2.12. The molecule has 0 amide bonds. The highest BCUT2D eigenvalue weighted by Crippen LogP contribution is 2.41. The first-order chi connectivity index (χ1) is 6.86. The van der Waals surface area contributed by atoms with Crippen LogP contribution in [0.2, 0.25) is 0 Å². The van der Waals surface area contributed by atoms with Crippen molar-refractivity contribution in [3.05, 3.63) is 20.6 Å². The molecule has 1 aromatic carbocycles. The van der Waals surface area contributed by atoms with Crippen molar-refractivity contribution in [3.8, 4) is 5.75 Å². The molecule has 0 atom stereocenters. The van der Waals surface area contributed by atoms with Crippen LogP contribution in [0.25, 0.3) is 0 Å². The van der Waals surface area contributed by atoms with Gasteiger partial charge in [-0.2, -0.15) is 0 Å². The van der Waals surface area contributed by atoms with Crippen LogP contribution in [0, 0.1) is 0 Å². The van der Waals surface area contributed by atoms with Gasteiger partial charge in [-0.15, -0.1) is 0 Å². The highest BCUT2D eigenvalue weighted by atomic mass is 79.9. The van der Waals surface area contributed by atoms with Crippen molar-refractivity contribution < 1.29 is 15.0 Å². The van der Waals surface area contributed by atoms with Gasteiger partial charge in [-0.05, 0) is 37.9 Å². The van der Waals surface area contributed by atoms with E-state index in [1.807, 2.05) is 0 Å². The predicted octanol–water partition coefficient (Wildman–Crippen LogP) is 2.68. The van der Waals surface area contributed by atoms with Crippen LogP contribution < -0.4 is 4.90 Å². The summed E-state index contributed by atoms with van der Waals surface area (Å²) in [7, 11) is 3.34. The maximum atomic E-state index is 11.0. The van der Waals surface area contributed by atoms with E-state index in [1.165, 1.54) is 6.07 Å². The molecule has 1 rings (SSSR count). The average molecular weight is 339 g/mol. The number of phenolic OH excluding ortho intramolecular Hbond substituents is 1. The smallest absolute Gasteiger partial charge is 0.337 e. The van der Waals surface area contributed by atoms with Crippen molar-refractivity contribution in [2.24, 2.45) is 0 Å². The number of anilines is 1. The fourth-order valence-corrected chi connectivity index (χ4v) is 1.94. The summed E-state index contributed by atoms with van der Waals surface area (Å²) in [5, 5.41) is 18.8. The van der Waals surface area contributed by atoms with Crippen molar-refractivity contribution >= 4 is 43.5 Å². The number of carbonyl (C=O) groups is 1. The molecule has 0 saturated carbocycles. The fraction of sp³-hybridized carbons (Fsp3) is 0.222. The van der Waals surface area contributed by atoms with Crippen LogP contribution in [-0.4, -0.2) is 30.3 Å². The van der Waals surface area contributed by atoms with Crippen LogP contribution in [0.3, 0.4) is 0 Å². The van der Waals surface area contributed by atoms with Gasteiger partial charge >= 0.3 is 5.97 Å². The zero-order chi connectivity index (χ0) is 11.7. The van der Waals surface area contributed by atoms with Gasteiger partial charge in [-0.25, -0.2) is 4.79 Å². The normalized spacial score (nSPS) is 10.1. The van der Waals surface area contributed by atoms with E-state index in [4.69, 9.17) is 5.11 Å². The van der Waals surface area contributed by atoms with Crippen LogP contribution in [0.4, 0.5) is 5.69 Å². The van der Waals surface area contributed by atoms with Gasteiger partial charge in [0.15, 0.2) is 5.75 Å². The number of phenols is 1. The molecule has 0 bridgehead atoms. The SMILES string of the molecule is CN(C)c1c(C(=O)O)cc(Br)c(Br)c1O. The van der Waals surface area contributed by atoms with E-state index in [-0.39, 0.29) is 17.0 Å². The third kappa shape index (κ3) is 2.26. The molecular formula is C9H9Br2NO3. The Bertz CT molecular complexity index is 418. The number of halogens is 2. The zero-order valence-electron chi connectivity index (χ0n) is 8.08. The zero-order valence-corrected chi connectivity index (χ0v) is 11.3. The Kier molecular flexibility index (Phi) is 3.62. The predicted molar refractivity (Wildman–Crippen MR) is 64.8 cm³/mol. The van der Waals surface area contributed by atoms with E-state index < -0.39 is 5.97 Å². The third-order valence-corrected chi connectivity index (χ3v) is 3.81. The molecule has 1 aromatic rings. The lowest BCUT2D eigenvalue weighted by molar-refractivity contribution is 0.0697. The highest BCUT2D eigenvalue weighted by Gasteiger charge is 2.20. The lowest BCUT2D eigenvalue weighted by atomic mass is 10.1. The molecule has 15 heavy (non-hydrogen) atoms. The Morgan fingerprint density at radius 3 is 2.33 bits per heavy atom. The van der Waals surface area contributed by atoms with Crippen molar-refractivity contribution in [1.82, 2.24) is 0 Å². The second-order valence-electron chi connectivity index (χ2n) is 3.12. The van der Waals surface area contributed by atoms with E-state index in [9.17, 15) is 9.90 Å². The first kappa shape index (κ1) is 12.3. The molecule has 0 unspecified atom stereocenters. The van der Waals surface area contributed by atoms with E-state index >= 15 is 0 Å². The van der Waals surface area contributed by atoms with Crippen LogP contribution in [0.15, 0.2) is 15.0 Å². The van der Waals surface area contributed by atoms with Crippen molar-refractivity contribution in [2.45, 2.75) is 0 Å². The number of nitrogens with zero attached hydrogens (tertiary/aromatic N) is 1. The molecule has 0 aliphatic rings. The number of hydrogen-bond acceptors (Lipinski definition) is 3. The summed E-state index contributed by atoms with van der Waals surface area (Å²) >= 11 is 6.32. The summed E-state index contributed by atoms with van der Waals surface area (Å²) in [5.41, 5.74) is 0.324. The largest absolute Gasteiger partial charge is 0.505 e. The van der Waals surface area contributed by atoms with Gasteiger partial charge in [0.1, 0.15) is 0 Å². The van der Waals surface area contributed by atoms with E-state index in [1.54, 1.807) is 19.0 Å². The number of aromatic carboxylic acids is 1. The van der Waals surface area contributed by atoms with Gasteiger partial charge in [0.2, 0.25) is 0 Å². The second-order valence-corrected chi connectivity index (χ2v) is 4.76. The molecule has 0 radical (unpaired) electrons. The summed E-state index contributed by atoms with van der Waals surface area (Å²) < 4.78 is 0.944. The minimum absolute atomic E-state index is 0.0487. The summed E-state index contributed by atoms with van der Waals surface area (Å²) in [5.74, 6) is -1.17. The number of carboxylic acids is 1. The molecule has 6 heteroatoms. The van der Waals surface area contributed by atoms with E-state index in [0.717, 1.165) is 0 Å². The first-order valence-electron chi connectivity index (χ1n) is 3.97. The maximum absolute atomic E-state index is 11.0. The molecule has 0 heterocycles. The van der Waals surface area contributed by atoms with E-state index in [0.29, 0.717) is 8.95 Å². The molecule has 0 saturated heterocycles. The Balaban J connectivity index is 3.58. The summed E-state index contributed by atoms with van der Waals surface area (Å²) in [6, 6.07) is 1.45. The lowest BCUT2D eigenvalue weighted by Gasteiger charge is -2.18. The van der Waals surface area contributed by atoms with Crippen LogP contribution in [0.5, 0.6) is 5.75 Å². The Hall–Kier alpha value is -0.750. The highest BCUT2D eigenvalue weighted by molar-refractivity contribution is 9.13. The van der Waals surface area contributed by atoms with Gasteiger partial charge in [0.25, 0.3) is 0 Å². The molecule has 4 nitrogen and oxygen atoms in total. The van der Waals surface area contributed by atoms with Crippen molar-refractivity contribution in [2.75, 3.05) is 19.0 Å². The minimum atomic E-state index is -1.08. The quantitative estimate of drug-likeness (QED) is 0.870. The Morgan fingerprint density at radius 1 is 1.40 bits per heavy atom. The Labute approximate surface area is 104 Å². The van der Waals surface area contributed by atoms with Crippen LogP contribution >= 0.6 is 31.9 Å². The number of carboxylic acid groups (broad SMARTS) is 1. The molecule has 0 aromatic heterocycles. The molecular weight excluding hydrogens is 330 g/mol. The second kappa shape index (κ2) is 4.40. The van der Waals surface area contributed by atoms with Gasteiger partial charge in [-0.3, -0.25) is 0 Å². The molecule has 0 spiro atoms. The first-order valence-corrected chi connectivity index (χ1v) is 5.56. The molecule has 0 aliphatic carbocycles.